The maximum absolute atomic E-state index is 11.4. The Kier molecular flexibility index (Phi) is 4.52. The van der Waals surface area contributed by atoms with E-state index >= 15 is 0 Å². The molecular weight excluding hydrogens is 252 g/mol. The largest absolute Gasteiger partial charge is 0.444 e. The molecule has 1 aliphatic rings. The molecule has 1 saturated heterocycles. The minimum absolute atomic E-state index is 0.0496. The van der Waals surface area contributed by atoms with Gasteiger partial charge in [-0.2, -0.15) is 0 Å². The third-order valence-corrected chi connectivity index (χ3v) is 2.05. The minimum atomic E-state index is -0.628. The molecule has 1 fully saturated rings. The quantitative estimate of drug-likeness (QED) is 0.611. The van der Waals surface area contributed by atoms with E-state index in [1.54, 1.807) is 20.8 Å². The Bertz CT molecular complexity index is 395. The van der Waals surface area contributed by atoms with Crippen LogP contribution in [0.1, 0.15) is 33.6 Å². The van der Waals surface area contributed by atoms with Crippen LogP contribution >= 0.6 is 0 Å². The fourth-order valence-electron chi connectivity index (χ4n) is 1.30. The van der Waals surface area contributed by atoms with Gasteiger partial charge in [0, 0.05) is 12.8 Å². The van der Waals surface area contributed by atoms with E-state index in [2.05, 4.69) is 11.9 Å². The van der Waals surface area contributed by atoms with Crippen LogP contribution in [0.4, 0.5) is 4.79 Å². The summed E-state index contributed by atoms with van der Waals surface area (Å²) in [6, 6.07) is 0. The van der Waals surface area contributed by atoms with Gasteiger partial charge in [-0.1, -0.05) is 6.58 Å². The van der Waals surface area contributed by atoms with Crippen LogP contribution in [0.25, 0.3) is 0 Å². The number of carbonyl (C=O) groups excluding carboxylic acids is 3. The summed E-state index contributed by atoms with van der Waals surface area (Å²) in [4.78, 5) is 38.9. The van der Waals surface area contributed by atoms with Crippen LogP contribution in [0.2, 0.25) is 0 Å². The van der Waals surface area contributed by atoms with Crippen molar-refractivity contribution >= 4 is 17.9 Å². The van der Waals surface area contributed by atoms with Crippen LogP contribution in [-0.2, 0) is 19.2 Å². The van der Waals surface area contributed by atoms with Crippen molar-refractivity contribution < 1.29 is 24.0 Å². The average molecular weight is 270 g/mol. The van der Waals surface area contributed by atoms with Crippen molar-refractivity contribution in [2.45, 2.75) is 39.2 Å². The number of nitrogens with zero attached hydrogens (tertiary/aromatic N) is 1. The molecule has 106 valence electrons. The highest BCUT2D eigenvalue weighted by molar-refractivity contribution is 6.00. The minimum Gasteiger partial charge on any atom is -0.444 e. The molecule has 0 saturated carbocycles. The van der Waals surface area contributed by atoms with Crippen LogP contribution in [-0.4, -0.2) is 35.1 Å². The molecule has 0 aliphatic carbocycles. The van der Waals surface area contributed by atoms with E-state index in [9.17, 15) is 14.4 Å². The van der Waals surface area contributed by atoms with Crippen molar-refractivity contribution in [2.24, 2.45) is 0 Å². The van der Waals surface area contributed by atoms with E-state index in [1.807, 2.05) is 0 Å². The van der Waals surface area contributed by atoms with Crippen LogP contribution in [0.3, 0.4) is 0 Å². The molecule has 1 N–H and O–H groups in total. The lowest BCUT2D eigenvalue weighted by molar-refractivity contribution is -0.176. The predicted molar refractivity (Wildman–Crippen MR) is 65.5 cm³/mol. The molecular formula is C12H18N2O5. The van der Waals surface area contributed by atoms with Crippen molar-refractivity contribution in [1.82, 2.24) is 10.4 Å². The first kappa shape index (κ1) is 15.0. The third-order valence-electron chi connectivity index (χ3n) is 2.05. The summed E-state index contributed by atoms with van der Waals surface area (Å²) >= 11 is 0. The monoisotopic (exact) mass is 270 g/mol. The number of hydrogen-bond acceptors (Lipinski definition) is 5. The van der Waals surface area contributed by atoms with Crippen molar-refractivity contribution in [3.05, 3.63) is 12.3 Å². The van der Waals surface area contributed by atoms with Gasteiger partial charge >= 0.3 is 6.09 Å². The highest BCUT2D eigenvalue weighted by Gasteiger charge is 2.31. The number of alkyl carbamates (subject to hydrolysis) is 1. The molecule has 7 nitrogen and oxygen atoms in total. The molecule has 0 spiro atoms. The first-order chi connectivity index (χ1) is 8.69. The maximum atomic E-state index is 11.4. The molecule has 1 rings (SSSR count). The van der Waals surface area contributed by atoms with Gasteiger partial charge in [0.25, 0.3) is 11.8 Å². The van der Waals surface area contributed by atoms with Gasteiger partial charge < -0.3 is 14.9 Å². The second kappa shape index (κ2) is 5.73. The second-order valence-electron chi connectivity index (χ2n) is 5.07. The number of hydroxylamine groups is 2. The number of ether oxygens (including phenoxy) is 1. The number of carbonyl (C=O) groups is 3. The molecule has 0 unspecified atom stereocenters. The highest BCUT2D eigenvalue weighted by atomic mass is 16.7. The second-order valence-corrected chi connectivity index (χ2v) is 5.07. The summed E-state index contributed by atoms with van der Waals surface area (Å²) in [5.41, 5.74) is -0.604. The molecule has 0 bridgehead atoms. The zero-order valence-electron chi connectivity index (χ0n) is 11.3. The Morgan fingerprint density at radius 2 is 1.84 bits per heavy atom. The lowest BCUT2D eigenvalue weighted by Gasteiger charge is -2.20. The lowest BCUT2D eigenvalue weighted by Crippen LogP contribution is -2.35. The van der Waals surface area contributed by atoms with E-state index < -0.39 is 23.5 Å². The number of imide groups is 1. The van der Waals surface area contributed by atoms with Crippen molar-refractivity contribution in [2.75, 3.05) is 6.54 Å². The van der Waals surface area contributed by atoms with Gasteiger partial charge in [0.05, 0.1) is 6.54 Å². The fraction of sp³-hybridized carbons (Fsp3) is 0.583. The third kappa shape index (κ3) is 4.99. The molecule has 0 aromatic heterocycles. The maximum Gasteiger partial charge on any atom is 0.408 e. The smallest absolute Gasteiger partial charge is 0.408 e. The Hall–Kier alpha value is -2.05. The molecule has 1 heterocycles. The SMILES string of the molecule is C=C(CNC(=O)OC(C)(C)C)ON1C(=O)CCC1=O. The molecule has 0 radical (unpaired) electrons. The summed E-state index contributed by atoms with van der Waals surface area (Å²) in [6.07, 6.45) is -0.367. The van der Waals surface area contributed by atoms with Gasteiger partial charge in [-0.25, -0.2) is 4.79 Å². The van der Waals surface area contributed by atoms with E-state index in [1.165, 1.54) is 0 Å². The zero-order valence-corrected chi connectivity index (χ0v) is 11.3. The number of rotatable bonds is 4. The Labute approximate surface area is 111 Å². The molecule has 7 heteroatoms. The standard InChI is InChI=1S/C12H18N2O5/c1-8(7-13-11(17)18-12(2,3)4)19-14-9(15)5-6-10(14)16/h1,5-7H2,2-4H3,(H,13,17). The highest BCUT2D eigenvalue weighted by Crippen LogP contribution is 2.14. The average Bonchev–Trinajstić information content (AvgIpc) is 2.56. The normalized spacial score (nSPS) is 15.4. The van der Waals surface area contributed by atoms with Crippen molar-refractivity contribution in [1.29, 1.82) is 0 Å². The molecule has 19 heavy (non-hydrogen) atoms. The zero-order chi connectivity index (χ0) is 14.6. The Morgan fingerprint density at radius 1 is 1.32 bits per heavy atom. The van der Waals surface area contributed by atoms with E-state index in [-0.39, 0.29) is 25.1 Å². The molecule has 0 atom stereocenters. The molecule has 0 aromatic rings. The number of hydrogen-bond donors (Lipinski definition) is 1. The van der Waals surface area contributed by atoms with E-state index in [0.29, 0.717) is 5.06 Å². The lowest BCUT2D eigenvalue weighted by atomic mass is 10.2. The van der Waals surface area contributed by atoms with Crippen LogP contribution in [0.15, 0.2) is 12.3 Å². The van der Waals surface area contributed by atoms with E-state index in [0.717, 1.165) is 0 Å². The van der Waals surface area contributed by atoms with Crippen molar-refractivity contribution in [3.8, 4) is 0 Å². The Morgan fingerprint density at radius 3 is 2.32 bits per heavy atom. The summed E-state index contributed by atoms with van der Waals surface area (Å²) in [5.74, 6) is -0.749. The summed E-state index contributed by atoms with van der Waals surface area (Å²) in [7, 11) is 0. The van der Waals surface area contributed by atoms with Gasteiger partial charge in [0.15, 0.2) is 0 Å². The van der Waals surface area contributed by atoms with Crippen LogP contribution in [0, 0.1) is 0 Å². The van der Waals surface area contributed by atoms with Gasteiger partial charge in [-0.15, -0.1) is 5.06 Å². The molecule has 0 aromatic carbocycles. The topological polar surface area (TPSA) is 84.9 Å². The number of nitrogens with one attached hydrogen (secondary N) is 1. The van der Waals surface area contributed by atoms with Gasteiger partial charge in [-0.3, -0.25) is 9.59 Å². The van der Waals surface area contributed by atoms with Crippen LogP contribution < -0.4 is 5.32 Å². The molecule has 3 amide bonds. The van der Waals surface area contributed by atoms with Crippen LogP contribution in [0.5, 0.6) is 0 Å². The summed E-state index contributed by atoms with van der Waals surface area (Å²) < 4.78 is 5.01. The van der Waals surface area contributed by atoms with Gasteiger partial charge in [0.2, 0.25) is 0 Å². The number of amides is 3. The van der Waals surface area contributed by atoms with Gasteiger partial charge in [0.1, 0.15) is 11.4 Å². The van der Waals surface area contributed by atoms with Gasteiger partial charge in [-0.05, 0) is 20.8 Å². The van der Waals surface area contributed by atoms with Crippen molar-refractivity contribution in [3.63, 3.8) is 0 Å². The summed E-state index contributed by atoms with van der Waals surface area (Å²) in [5, 5.41) is 3.07. The first-order valence-corrected chi connectivity index (χ1v) is 5.87. The Balaban J connectivity index is 2.34. The fourth-order valence-corrected chi connectivity index (χ4v) is 1.30. The predicted octanol–water partition coefficient (Wildman–Crippen LogP) is 1.11. The summed E-state index contributed by atoms with van der Waals surface area (Å²) in [6.45, 7) is 8.67. The molecule has 1 aliphatic heterocycles. The van der Waals surface area contributed by atoms with E-state index in [4.69, 9.17) is 9.57 Å². The first-order valence-electron chi connectivity index (χ1n) is 5.87.